The summed E-state index contributed by atoms with van der Waals surface area (Å²) in [6.45, 7) is 3.90. The van der Waals surface area contributed by atoms with Crippen LogP contribution in [0.2, 0.25) is 0 Å². The third kappa shape index (κ3) is 3.86. The SMILES string of the molecule is CC#CCCOc1cccc(C(C)=O)c1. The van der Waals surface area contributed by atoms with Gasteiger partial charge in [-0.2, -0.15) is 0 Å². The van der Waals surface area contributed by atoms with Gasteiger partial charge in [-0.05, 0) is 26.0 Å². The van der Waals surface area contributed by atoms with Gasteiger partial charge in [0.25, 0.3) is 0 Å². The van der Waals surface area contributed by atoms with Crippen molar-refractivity contribution in [2.75, 3.05) is 6.61 Å². The highest BCUT2D eigenvalue weighted by Gasteiger charge is 2.00. The number of hydrogen-bond acceptors (Lipinski definition) is 2. The molecule has 1 aromatic rings. The van der Waals surface area contributed by atoms with Crippen LogP contribution in [0, 0.1) is 11.8 Å². The Morgan fingerprint density at radius 2 is 2.27 bits per heavy atom. The molecule has 0 fully saturated rings. The van der Waals surface area contributed by atoms with Gasteiger partial charge in [-0.3, -0.25) is 4.79 Å². The van der Waals surface area contributed by atoms with Gasteiger partial charge in [0.2, 0.25) is 0 Å². The van der Waals surface area contributed by atoms with Gasteiger partial charge in [0, 0.05) is 12.0 Å². The molecule has 0 spiro atoms. The summed E-state index contributed by atoms with van der Waals surface area (Å²) in [4.78, 5) is 11.1. The Hall–Kier alpha value is -1.75. The lowest BCUT2D eigenvalue weighted by Gasteiger charge is -2.04. The quantitative estimate of drug-likeness (QED) is 0.426. The second-order valence-electron chi connectivity index (χ2n) is 3.11. The monoisotopic (exact) mass is 202 g/mol. The minimum atomic E-state index is 0.0498. The number of carbonyl (C=O) groups excluding carboxylic acids is 1. The Morgan fingerprint density at radius 3 is 2.93 bits per heavy atom. The topological polar surface area (TPSA) is 26.3 Å². The van der Waals surface area contributed by atoms with Crippen molar-refractivity contribution in [2.24, 2.45) is 0 Å². The normalized spacial score (nSPS) is 8.93. The molecule has 0 aromatic heterocycles. The summed E-state index contributed by atoms with van der Waals surface area (Å²) in [5.41, 5.74) is 0.675. The molecule has 78 valence electrons. The number of ether oxygens (including phenoxy) is 1. The van der Waals surface area contributed by atoms with Gasteiger partial charge in [-0.1, -0.05) is 12.1 Å². The van der Waals surface area contributed by atoms with Crippen LogP contribution in [0.25, 0.3) is 0 Å². The zero-order chi connectivity index (χ0) is 11.1. The molecule has 15 heavy (non-hydrogen) atoms. The molecule has 0 saturated heterocycles. The summed E-state index contributed by atoms with van der Waals surface area (Å²) in [6.07, 6.45) is 0.709. The lowest BCUT2D eigenvalue weighted by Crippen LogP contribution is -1.98. The summed E-state index contributed by atoms with van der Waals surface area (Å²) in [6, 6.07) is 7.19. The molecular weight excluding hydrogens is 188 g/mol. The lowest BCUT2D eigenvalue weighted by atomic mass is 10.1. The maximum absolute atomic E-state index is 11.1. The number of rotatable bonds is 4. The van der Waals surface area contributed by atoms with E-state index in [1.807, 2.05) is 12.1 Å². The van der Waals surface area contributed by atoms with E-state index in [4.69, 9.17) is 4.74 Å². The molecule has 0 aliphatic heterocycles. The predicted octanol–water partition coefficient (Wildman–Crippen LogP) is 2.68. The second-order valence-corrected chi connectivity index (χ2v) is 3.11. The van der Waals surface area contributed by atoms with Crippen molar-refractivity contribution >= 4 is 5.78 Å². The first-order valence-corrected chi connectivity index (χ1v) is 4.87. The van der Waals surface area contributed by atoms with Crippen molar-refractivity contribution in [3.8, 4) is 17.6 Å². The van der Waals surface area contributed by atoms with Crippen molar-refractivity contribution in [1.29, 1.82) is 0 Å². The molecule has 1 rings (SSSR count). The Labute approximate surface area is 90.3 Å². The molecule has 1 aromatic carbocycles. The van der Waals surface area contributed by atoms with Crippen LogP contribution in [0.3, 0.4) is 0 Å². The van der Waals surface area contributed by atoms with E-state index >= 15 is 0 Å². The van der Waals surface area contributed by atoms with Crippen LogP contribution >= 0.6 is 0 Å². The molecule has 0 aliphatic rings. The van der Waals surface area contributed by atoms with Crippen LogP contribution in [-0.4, -0.2) is 12.4 Å². The molecule has 0 heterocycles. The number of benzene rings is 1. The Morgan fingerprint density at radius 1 is 1.47 bits per heavy atom. The number of ketones is 1. The largest absolute Gasteiger partial charge is 0.493 e. The van der Waals surface area contributed by atoms with Gasteiger partial charge in [0.15, 0.2) is 5.78 Å². The van der Waals surface area contributed by atoms with Crippen molar-refractivity contribution in [1.82, 2.24) is 0 Å². The van der Waals surface area contributed by atoms with E-state index in [1.54, 1.807) is 26.0 Å². The Kier molecular flexibility index (Phi) is 4.43. The first-order chi connectivity index (χ1) is 7.24. The van der Waals surface area contributed by atoms with Crippen LogP contribution in [0.4, 0.5) is 0 Å². The van der Waals surface area contributed by atoms with Crippen molar-refractivity contribution in [3.05, 3.63) is 29.8 Å². The molecule has 0 amide bonds. The fraction of sp³-hybridized carbons (Fsp3) is 0.308. The number of hydrogen-bond donors (Lipinski definition) is 0. The fourth-order valence-corrected chi connectivity index (χ4v) is 1.15. The molecule has 0 unspecified atom stereocenters. The van der Waals surface area contributed by atoms with Crippen molar-refractivity contribution < 1.29 is 9.53 Å². The Bertz CT molecular complexity index is 396. The van der Waals surface area contributed by atoms with Gasteiger partial charge in [-0.15, -0.1) is 11.8 Å². The van der Waals surface area contributed by atoms with Gasteiger partial charge >= 0.3 is 0 Å². The summed E-state index contributed by atoms with van der Waals surface area (Å²) in [5, 5.41) is 0. The zero-order valence-corrected chi connectivity index (χ0v) is 9.04. The highest BCUT2D eigenvalue weighted by molar-refractivity contribution is 5.94. The molecule has 2 nitrogen and oxygen atoms in total. The standard InChI is InChI=1S/C13H14O2/c1-3-4-5-9-15-13-8-6-7-12(10-13)11(2)14/h6-8,10H,5,9H2,1-2H3. The van der Waals surface area contributed by atoms with E-state index in [0.717, 1.165) is 5.75 Å². The Balaban J connectivity index is 2.56. The third-order valence-corrected chi connectivity index (χ3v) is 1.91. The van der Waals surface area contributed by atoms with Gasteiger partial charge in [-0.25, -0.2) is 0 Å². The zero-order valence-electron chi connectivity index (χ0n) is 9.04. The molecule has 0 radical (unpaired) electrons. The predicted molar refractivity (Wildman–Crippen MR) is 60.0 cm³/mol. The minimum absolute atomic E-state index is 0.0498. The van der Waals surface area contributed by atoms with Crippen LogP contribution < -0.4 is 4.74 Å². The summed E-state index contributed by atoms with van der Waals surface area (Å²) < 4.78 is 5.44. The first kappa shape index (κ1) is 11.3. The van der Waals surface area contributed by atoms with Crippen LogP contribution in [0.1, 0.15) is 30.6 Å². The smallest absolute Gasteiger partial charge is 0.159 e. The molecule has 0 aliphatic carbocycles. The van der Waals surface area contributed by atoms with Crippen molar-refractivity contribution in [2.45, 2.75) is 20.3 Å². The molecule has 2 heteroatoms. The van der Waals surface area contributed by atoms with Gasteiger partial charge < -0.3 is 4.74 Å². The summed E-state index contributed by atoms with van der Waals surface area (Å²) in [5.74, 6) is 6.49. The first-order valence-electron chi connectivity index (χ1n) is 4.87. The molecule has 0 saturated carbocycles. The average molecular weight is 202 g/mol. The van der Waals surface area contributed by atoms with Crippen molar-refractivity contribution in [3.63, 3.8) is 0 Å². The van der Waals surface area contributed by atoms with E-state index in [2.05, 4.69) is 11.8 Å². The molecular formula is C13H14O2. The van der Waals surface area contributed by atoms with Crippen LogP contribution in [-0.2, 0) is 0 Å². The maximum atomic E-state index is 11.1. The molecule has 0 N–H and O–H groups in total. The number of Topliss-reactive ketones (excluding diaryl/α,β-unsaturated/α-hetero) is 1. The van der Waals surface area contributed by atoms with E-state index in [9.17, 15) is 4.79 Å². The van der Waals surface area contributed by atoms with Gasteiger partial charge in [0.05, 0.1) is 6.61 Å². The van der Waals surface area contributed by atoms with Crippen LogP contribution in [0.15, 0.2) is 24.3 Å². The van der Waals surface area contributed by atoms with E-state index in [-0.39, 0.29) is 5.78 Å². The third-order valence-electron chi connectivity index (χ3n) is 1.91. The highest BCUT2D eigenvalue weighted by Crippen LogP contribution is 2.13. The van der Waals surface area contributed by atoms with E-state index < -0.39 is 0 Å². The van der Waals surface area contributed by atoms with Gasteiger partial charge in [0.1, 0.15) is 5.75 Å². The molecule has 0 bridgehead atoms. The van der Waals surface area contributed by atoms with E-state index in [1.165, 1.54) is 0 Å². The molecule has 0 atom stereocenters. The van der Waals surface area contributed by atoms with E-state index in [0.29, 0.717) is 18.6 Å². The summed E-state index contributed by atoms with van der Waals surface area (Å²) >= 11 is 0. The lowest BCUT2D eigenvalue weighted by molar-refractivity contribution is 0.101. The summed E-state index contributed by atoms with van der Waals surface area (Å²) in [7, 11) is 0. The maximum Gasteiger partial charge on any atom is 0.159 e. The number of carbonyl (C=O) groups is 1. The fourth-order valence-electron chi connectivity index (χ4n) is 1.15. The average Bonchev–Trinajstić information content (AvgIpc) is 2.25. The van der Waals surface area contributed by atoms with Crippen LogP contribution in [0.5, 0.6) is 5.75 Å². The highest BCUT2D eigenvalue weighted by atomic mass is 16.5. The second kappa shape index (κ2) is 5.87. The minimum Gasteiger partial charge on any atom is -0.493 e.